The van der Waals surface area contributed by atoms with Crippen molar-refractivity contribution in [1.29, 1.82) is 0 Å². The summed E-state index contributed by atoms with van der Waals surface area (Å²) >= 11 is 6.42. The Hall–Kier alpha value is -4.35. The Kier molecular flexibility index (Phi) is 9.64. The molecule has 41 heavy (non-hydrogen) atoms. The molecule has 0 saturated carbocycles. The molecule has 1 fully saturated rings. The number of rotatable bonds is 10. The van der Waals surface area contributed by atoms with Gasteiger partial charge in [-0.15, -0.1) is 0 Å². The number of hydrogen-bond donors (Lipinski definition) is 2. The molecular weight excluding hydrogens is 573 g/mol. The molecule has 4 amide bonds. The third-order valence-corrected chi connectivity index (χ3v) is 6.92. The maximum absolute atomic E-state index is 13.4. The van der Waals surface area contributed by atoms with Crippen LogP contribution in [0.15, 0.2) is 65.6 Å². The molecule has 2 N–H and O–H groups in total. The summed E-state index contributed by atoms with van der Waals surface area (Å²) in [5.74, 6) is -1.60. The van der Waals surface area contributed by atoms with Gasteiger partial charge in [0.2, 0.25) is 5.91 Å². The molecule has 1 aliphatic heterocycles. The third-order valence-electron chi connectivity index (χ3n) is 5.72. The minimum atomic E-state index is -0.650. The fourth-order valence-electron chi connectivity index (χ4n) is 3.75. The fourth-order valence-corrected chi connectivity index (χ4v) is 4.77. The van der Waals surface area contributed by atoms with Gasteiger partial charge in [-0.1, -0.05) is 35.9 Å². The molecule has 1 heterocycles. The van der Waals surface area contributed by atoms with Crippen LogP contribution in [0.3, 0.4) is 0 Å². The summed E-state index contributed by atoms with van der Waals surface area (Å²) in [4.78, 5) is 51.1. The van der Waals surface area contributed by atoms with Gasteiger partial charge in [-0.25, -0.2) is 4.39 Å². The summed E-state index contributed by atoms with van der Waals surface area (Å²) in [5, 5.41) is 4.49. The first kappa shape index (κ1) is 29.6. The smallest absolute Gasteiger partial charge is 0.294 e. The van der Waals surface area contributed by atoms with Gasteiger partial charge in [0, 0.05) is 11.4 Å². The number of ether oxygens (including phenoxy) is 2. The number of amides is 4. The maximum atomic E-state index is 13.4. The Bertz CT molecular complexity index is 1550. The first-order valence-corrected chi connectivity index (χ1v) is 13.6. The predicted octanol–water partition coefficient (Wildman–Crippen LogP) is 5.88. The van der Waals surface area contributed by atoms with Gasteiger partial charge in [-0.05, 0) is 79.2 Å². The topological polar surface area (TPSA) is 114 Å². The van der Waals surface area contributed by atoms with E-state index in [1.54, 1.807) is 31.2 Å². The molecule has 1 saturated heterocycles. The van der Waals surface area contributed by atoms with E-state index in [9.17, 15) is 23.6 Å². The Balaban J connectivity index is 1.41. The largest absolute Gasteiger partial charge is 0.490 e. The average Bonchev–Trinajstić information content (AvgIpc) is 3.19. The van der Waals surface area contributed by atoms with E-state index in [0.717, 1.165) is 16.5 Å². The second-order valence-corrected chi connectivity index (χ2v) is 10.1. The zero-order valence-electron chi connectivity index (χ0n) is 22.0. The lowest BCUT2D eigenvalue weighted by atomic mass is 10.2. The monoisotopic (exact) mass is 597 g/mol. The van der Waals surface area contributed by atoms with Crippen LogP contribution in [0, 0.1) is 12.7 Å². The number of imide groups is 1. The number of anilines is 2. The van der Waals surface area contributed by atoms with E-state index in [1.165, 1.54) is 18.2 Å². The number of halogens is 2. The van der Waals surface area contributed by atoms with Gasteiger partial charge < -0.3 is 20.1 Å². The lowest BCUT2D eigenvalue weighted by Crippen LogP contribution is -2.36. The van der Waals surface area contributed by atoms with Crippen LogP contribution < -0.4 is 20.1 Å². The number of nitrogens with zero attached hydrogens (tertiary/aromatic N) is 1. The van der Waals surface area contributed by atoms with Crippen LogP contribution in [-0.2, 0) is 14.4 Å². The number of thioether (sulfide) groups is 1. The number of para-hydroxylation sites is 1. The standard InChI is InChI=1S/C29H25ClFN3O6S/c1-3-39-24-12-18(8-11-23(24)40-16-27(36)33-22-7-5-4-6-17(22)2)13-25-28(37)34(29(38)41-25)15-26(35)32-19-9-10-21(31)20(30)14-19/h4-14H,3,15-16H2,1-2H3,(H,32,35)(H,33,36)/b25-13-. The first-order valence-electron chi connectivity index (χ1n) is 12.4. The molecule has 0 unspecified atom stereocenters. The van der Waals surface area contributed by atoms with E-state index in [0.29, 0.717) is 41.1 Å². The van der Waals surface area contributed by atoms with Crippen LogP contribution >= 0.6 is 23.4 Å². The molecule has 0 spiro atoms. The zero-order chi connectivity index (χ0) is 29.5. The van der Waals surface area contributed by atoms with Gasteiger partial charge >= 0.3 is 0 Å². The number of nitrogens with one attached hydrogen (secondary N) is 2. The molecule has 3 aromatic rings. The van der Waals surface area contributed by atoms with E-state index >= 15 is 0 Å². The quantitative estimate of drug-likeness (QED) is 0.281. The van der Waals surface area contributed by atoms with Crippen molar-refractivity contribution in [2.75, 3.05) is 30.4 Å². The lowest BCUT2D eigenvalue weighted by molar-refractivity contribution is -0.127. The van der Waals surface area contributed by atoms with Crippen LogP contribution in [0.25, 0.3) is 6.08 Å². The SMILES string of the molecule is CCOc1cc(/C=C2\SC(=O)N(CC(=O)Nc3ccc(F)c(Cl)c3)C2=O)ccc1OCC(=O)Nc1ccccc1C. The Morgan fingerprint density at radius 2 is 1.78 bits per heavy atom. The molecule has 9 nitrogen and oxygen atoms in total. The second-order valence-electron chi connectivity index (χ2n) is 8.74. The molecular formula is C29H25ClFN3O6S. The summed E-state index contributed by atoms with van der Waals surface area (Å²) in [7, 11) is 0. The van der Waals surface area contributed by atoms with E-state index in [2.05, 4.69) is 10.6 Å². The maximum Gasteiger partial charge on any atom is 0.294 e. The van der Waals surface area contributed by atoms with Crippen LogP contribution in [-0.4, -0.2) is 47.6 Å². The average molecular weight is 598 g/mol. The number of carbonyl (C=O) groups excluding carboxylic acids is 4. The summed E-state index contributed by atoms with van der Waals surface area (Å²) < 4.78 is 24.7. The van der Waals surface area contributed by atoms with Gasteiger partial charge in [-0.2, -0.15) is 0 Å². The molecule has 0 bridgehead atoms. The molecule has 4 rings (SSSR count). The van der Waals surface area contributed by atoms with E-state index < -0.39 is 29.4 Å². The van der Waals surface area contributed by atoms with Crippen molar-refractivity contribution >= 4 is 63.8 Å². The Morgan fingerprint density at radius 3 is 2.51 bits per heavy atom. The molecule has 0 aliphatic carbocycles. The summed E-state index contributed by atoms with van der Waals surface area (Å²) in [6.07, 6.45) is 1.50. The van der Waals surface area contributed by atoms with Crippen LogP contribution in [0.1, 0.15) is 18.1 Å². The highest BCUT2D eigenvalue weighted by Crippen LogP contribution is 2.35. The van der Waals surface area contributed by atoms with Crippen molar-refractivity contribution in [2.45, 2.75) is 13.8 Å². The Morgan fingerprint density at radius 1 is 1.00 bits per heavy atom. The Labute approximate surface area is 244 Å². The number of carbonyl (C=O) groups is 4. The number of benzene rings is 3. The highest BCUT2D eigenvalue weighted by atomic mass is 35.5. The zero-order valence-corrected chi connectivity index (χ0v) is 23.6. The summed E-state index contributed by atoms with van der Waals surface area (Å²) in [6, 6.07) is 15.9. The van der Waals surface area contributed by atoms with Gasteiger partial charge in [0.1, 0.15) is 12.4 Å². The normalized spacial score (nSPS) is 13.9. The van der Waals surface area contributed by atoms with Crippen LogP contribution in [0.4, 0.5) is 20.6 Å². The molecule has 0 atom stereocenters. The van der Waals surface area contributed by atoms with Gasteiger partial charge in [0.15, 0.2) is 18.1 Å². The first-order chi connectivity index (χ1) is 19.6. The van der Waals surface area contributed by atoms with Crippen LogP contribution in [0.2, 0.25) is 5.02 Å². The number of hydrogen-bond acceptors (Lipinski definition) is 7. The van der Waals surface area contributed by atoms with Crippen molar-refractivity contribution in [1.82, 2.24) is 4.90 Å². The minimum absolute atomic E-state index is 0.112. The van der Waals surface area contributed by atoms with Gasteiger partial charge in [0.25, 0.3) is 17.1 Å². The fraction of sp³-hybridized carbons (Fsp3) is 0.172. The van der Waals surface area contributed by atoms with Gasteiger partial charge in [0.05, 0.1) is 16.5 Å². The molecule has 12 heteroatoms. The minimum Gasteiger partial charge on any atom is -0.490 e. The molecule has 1 aliphatic rings. The molecule has 212 valence electrons. The van der Waals surface area contributed by atoms with Crippen molar-refractivity contribution in [3.63, 3.8) is 0 Å². The van der Waals surface area contributed by atoms with Crippen molar-refractivity contribution in [2.24, 2.45) is 0 Å². The van der Waals surface area contributed by atoms with Crippen molar-refractivity contribution in [3.05, 3.63) is 87.5 Å². The summed E-state index contributed by atoms with van der Waals surface area (Å²) in [5.41, 5.74) is 2.37. The van der Waals surface area contributed by atoms with Crippen LogP contribution in [0.5, 0.6) is 11.5 Å². The van der Waals surface area contributed by atoms with Crippen molar-refractivity contribution < 1.29 is 33.0 Å². The molecule has 0 radical (unpaired) electrons. The summed E-state index contributed by atoms with van der Waals surface area (Å²) in [6.45, 7) is 3.21. The molecule has 3 aromatic carbocycles. The third kappa shape index (κ3) is 7.65. The lowest BCUT2D eigenvalue weighted by Gasteiger charge is -2.13. The second kappa shape index (κ2) is 13.3. The number of aryl methyl sites for hydroxylation is 1. The highest BCUT2D eigenvalue weighted by molar-refractivity contribution is 8.18. The van der Waals surface area contributed by atoms with Gasteiger partial charge in [-0.3, -0.25) is 24.1 Å². The van der Waals surface area contributed by atoms with Crippen molar-refractivity contribution in [3.8, 4) is 11.5 Å². The molecule has 0 aromatic heterocycles. The van der Waals surface area contributed by atoms with E-state index in [-0.39, 0.29) is 28.1 Å². The van der Waals surface area contributed by atoms with E-state index in [1.807, 2.05) is 25.1 Å². The van der Waals surface area contributed by atoms with E-state index in [4.69, 9.17) is 21.1 Å². The predicted molar refractivity (Wildman–Crippen MR) is 156 cm³/mol. The highest BCUT2D eigenvalue weighted by Gasteiger charge is 2.36.